The maximum Gasteiger partial charge on any atom is 0.231 e. The molecule has 126 valence electrons. The molecule has 0 spiro atoms. The summed E-state index contributed by atoms with van der Waals surface area (Å²) in [5.41, 5.74) is 2.08. The average molecular weight is 343 g/mol. The second kappa shape index (κ2) is 6.16. The predicted octanol–water partition coefficient (Wildman–Crippen LogP) is 3.33. The van der Waals surface area contributed by atoms with E-state index in [-0.39, 0.29) is 17.7 Å². The van der Waals surface area contributed by atoms with Crippen molar-refractivity contribution in [3.8, 4) is 0 Å². The van der Waals surface area contributed by atoms with Gasteiger partial charge in [-0.25, -0.2) is 4.98 Å². The molecule has 4 rings (SSSR count). The van der Waals surface area contributed by atoms with Crippen molar-refractivity contribution in [1.82, 2.24) is 9.88 Å². The lowest BCUT2D eigenvalue weighted by atomic mass is 10.1. The van der Waals surface area contributed by atoms with Crippen LogP contribution in [0.5, 0.6) is 0 Å². The zero-order chi connectivity index (χ0) is 16.7. The summed E-state index contributed by atoms with van der Waals surface area (Å²) >= 11 is 1.48. The number of aromatic nitrogens is 1. The molecular weight excluding hydrogens is 322 g/mol. The second-order valence-corrected chi connectivity index (χ2v) is 7.90. The van der Waals surface area contributed by atoms with Crippen LogP contribution in [-0.4, -0.2) is 34.3 Å². The van der Waals surface area contributed by atoms with Gasteiger partial charge in [-0.15, -0.1) is 0 Å². The summed E-state index contributed by atoms with van der Waals surface area (Å²) in [6, 6.07) is 6.41. The SMILES string of the molecule is Cc1ccc2nc(NC(=O)C3CC(=O)N(C4CCCC4)C3)sc2c1. The molecule has 2 aromatic rings. The third-order valence-electron chi connectivity index (χ3n) is 5.07. The van der Waals surface area contributed by atoms with E-state index in [0.29, 0.717) is 24.1 Å². The Labute approximate surface area is 145 Å². The highest BCUT2D eigenvalue weighted by molar-refractivity contribution is 7.22. The summed E-state index contributed by atoms with van der Waals surface area (Å²) < 4.78 is 1.07. The molecule has 1 unspecified atom stereocenters. The predicted molar refractivity (Wildman–Crippen MR) is 95.1 cm³/mol. The van der Waals surface area contributed by atoms with E-state index in [9.17, 15) is 9.59 Å². The third kappa shape index (κ3) is 2.90. The Morgan fingerprint density at radius 1 is 1.33 bits per heavy atom. The number of thiazole rings is 1. The Kier molecular flexibility index (Phi) is 4.00. The zero-order valence-corrected chi connectivity index (χ0v) is 14.6. The Morgan fingerprint density at radius 3 is 2.92 bits per heavy atom. The minimum atomic E-state index is -0.258. The highest BCUT2D eigenvalue weighted by atomic mass is 32.1. The largest absolute Gasteiger partial charge is 0.339 e. The van der Waals surface area contributed by atoms with Gasteiger partial charge in [0.2, 0.25) is 11.8 Å². The number of nitrogens with one attached hydrogen (secondary N) is 1. The smallest absolute Gasteiger partial charge is 0.231 e. The van der Waals surface area contributed by atoms with E-state index in [1.54, 1.807) is 0 Å². The molecule has 5 nitrogen and oxygen atoms in total. The van der Waals surface area contributed by atoms with Crippen molar-refractivity contribution in [1.29, 1.82) is 0 Å². The number of hydrogen-bond acceptors (Lipinski definition) is 4. The minimum absolute atomic E-state index is 0.0837. The Morgan fingerprint density at radius 2 is 2.12 bits per heavy atom. The summed E-state index contributed by atoms with van der Waals surface area (Å²) in [7, 11) is 0. The van der Waals surface area contributed by atoms with Crippen molar-refractivity contribution < 1.29 is 9.59 Å². The van der Waals surface area contributed by atoms with E-state index in [1.807, 2.05) is 24.0 Å². The van der Waals surface area contributed by atoms with E-state index < -0.39 is 0 Å². The number of likely N-dealkylation sites (tertiary alicyclic amines) is 1. The number of carbonyl (C=O) groups is 2. The van der Waals surface area contributed by atoms with Gasteiger partial charge in [-0.1, -0.05) is 30.2 Å². The molecule has 24 heavy (non-hydrogen) atoms. The van der Waals surface area contributed by atoms with Gasteiger partial charge in [-0.3, -0.25) is 9.59 Å². The lowest BCUT2D eigenvalue weighted by Crippen LogP contribution is -2.35. The van der Waals surface area contributed by atoms with Gasteiger partial charge < -0.3 is 10.2 Å². The maximum absolute atomic E-state index is 12.5. The molecule has 1 aromatic carbocycles. The molecule has 2 fully saturated rings. The second-order valence-electron chi connectivity index (χ2n) is 6.86. The first-order valence-electron chi connectivity index (χ1n) is 8.57. The van der Waals surface area contributed by atoms with Crippen molar-refractivity contribution in [3.63, 3.8) is 0 Å². The van der Waals surface area contributed by atoms with Gasteiger partial charge in [-0.2, -0.15) is 0 Å². The van der Waals surface area contributed by atoms with Crippen LogP contribution in [0.4, 0.5) is 5.13 Å². The quantitative estimate of drug-likeness (QED) is 0.930. The van der Waals surface area contributed by atoms with E-state index in [2.05, 4.69) is 16.4 Å². The monoisotopic (exact) mass is 343 g/mol. The molecule has 6 heteroatoms. The van der Waals surface area contributed by atoms with E-state index in [0.717, 1.165) is 23.1 Å². The fraction of sp³-hybridized carbons (Fsp3) is 0.500. The number of nitrogens with zero attached hydrogens (tertiary/aromatic N) is 2. The number of rotatable bonds is 3. The first-order valence-corrected chi connectivity index (χ1v) is 9.39. The number of fused-ring (bicyclic) bond motifs is 1. The lowest BCUT2D eigenvalue weighted by molar-refractivity contribution is -0.129. The summed E-state index contributed by atoms with van der Waals surface area (Å²) in [4.78, 5) is 31.2. The molecule has 1 saturated heterocycles. The molecule has 1 atom stereocenters. The number of amides is 2. The number of carbonyl (C=O) groups excluding carboxylic acids is 2. The van der Waals surface area contributed by atoms with Gasteiger partial charge in [0, 0.05) is 19.0 Å². The highest BCUT2D eigenvalue weighted by Crippen LogP contribution is 2.31. The molecule has 0 radical (unpaired) electrons. The summed E-state index contributed by atoms with van der Waals surface area (Å²) in [6.45, 7) is 2.60. The zero-order valence-electron chi connectivity index (χ0n) is 13.7. The summed E-state index contributed by atoms with van der Waals surface area (Å²) in [5, 5.41) is 3.53. The minimum Gasteiger partial charge on any atom is -0.339 e. The van der Waals surface area contributed by atoms with Gasteiger partial charge in [0.25, 0.3) is 0 Å². The summed E-state index contributed by atoms with van der Waals surface area (Å²) in [6.07, 6.45) is 4.87. The Hall–Kier alpha value is -1.95. The first-order chi connectivity index (χ1) is 11.6. The van der Waals surface area contributed by atoms with Crippen LogP contribution in [-0.2, 0) is 9.59 Å². The molecule has 1 aromatic heterocycles. The number of aryl methyl sites for hydroxylation is 1. The average Bonchev–Trinajstić information content (AvgIpc) is 3.25. The van der Waals surface area contributed by atoms with Gasteiger partial charge in [0.15, 0.2) is 5.13 Å². The normalized spacial score (nSPS) is 21.8. The van der Waals surface area contributed by atoms with Crippen molar-refractivity contribution >= 4 is 38.5 Å². The van der Waals surface area contributed by atoms with Crippen LogP contribution >= 0.6 is 11.3 Å². The van der Waals surface area contributed by atoms with E-state index in [4.69, 9.17) is 0 Å². The van der Waals surface area contributed by atoms with E-state index >= 15 is 0 Å². The molecular formula is C18H21N3O2S. The molecule has 1 saturated carbocycles. The third-order valence-corrected chi connectivity index (χ3v) is 6.00. The topological polar surface area (TPSA) is 62.3 Å². The van der Waals surface area contributed by atoms with Crippen molar-refractivity contribution in [2.24, 2.45) is 5.92 Å². The highest BCUT2D eigenvalue weighted by Gasteiger charge is 2.38. The van der Waals surface area contributed by atoms with Crippen LogP contribution in [0.15, 0.2) is 18.2 Å². The number of hydrogen-bond donors (Lipinski definition) is 1. The van der Waals surface area contributed by atoms with Crippen molar-refractivity contribution in [2.75, 3.05) is 11.9 Å². The lowest BCUT2D eigenvalue weighted by Gasteiger charge is -2.23. The Balaban J connectivity index is 1.44. The maximum atomic E-state index is 12.5. The molecule has 1 aliphatic heterocycles. The Bertz CT molecular complexity index is 795. The molecule has 2 heterocycles. The summed E-state index contributed by atoms with van der Waals surface area (Å²) in [5.74, 6) is -0.214. The fourth-order valence-corrected chi connectivity index (χ4v) is 4.74. The van der Waals surface area contributed by atoms with Gasteiger partial charge >= 0.3 is 0 Å². The standard InChI is InChI=1S/C18H21N3O2S/c1-11-6-7-14-15(8-11)24-18(19-14)20-17(23)12-9-16(22)21(10-12)13-4-2-3-5-13/h6-8,12-13H,2-5,9-10H2,1H3,(H,19,20,23). The van der Waals surface area contributed by atoms with Crippen LogP contribution in [0.3, 0.4) is 0 Å². The van der Waals surface area contributed by atoms with E-state index in [1.165, 1.54) is 29.7 Å². The van der Waals surface area contributed by atoms with Crippen molar-refractivity contribution in [3.05, 3.63) is 23.8 Å². The first kappa shape index (κ1) is 15.6. The molecule has 2 amide bonds. The fourth-order valence-electron chi connectivity index (χ4n) is 3.77. The number of benzene rings is 1. The van der Waals surface area contributed by atoms with Crippen molar-refractivity contribution in [2.45, 2.75) is 45.1 Å². The van der Waals surface area contributed by atoms with Crippen LogP contribution < -0.4 is 5.32 Å². The van der Waals surface area contributed by atoms with Crippen LogP contribution in [0.2, 0.25) is 0 Å². The van der Waals surface area contributed by atoms with Gasteiger partial charge in [0.1, 0.15) is 0 Å². The number of anilines is 1. The molecule has 1 aliphatic carbocycles. The van der Waals surface area contributed by atoms with Crippen LogP contribution in [0.25, 0.3) is 10.2 Å². The van der Waals surface area contributed by atoms with Gasteiger partial charge in [0.05, 0.1) is 16.1 Å². The van der Waals surface area contributed by atoms with Crippen LogP contribution in [0.1, 0.15) is 37.7 Å². The molecule has 2 aliphatic rings. The molecule has 0 bridgehead atoms. The molecule has 1 N–H and O–H groups in total. The van der Waals surface area contributed by atoms with Gasteiger partial charge in [-0.05, 0) is 37.5 Å². The van der Waals surface area contributed by atoms with Crippen LogP contribution in [0, 0.1) is 12.8 Å².